The molecule has 0 unspecified atom stereocenters. The predicted molar refractivity (Wildman–Crippen MR) is 111 cm³/mol. The van der Waals surface area contributed by atoms with E-state index in [1.807, 2.05) is 12.3 Å². The third-order valence-corrected chi connectivity index (χ3v) is 7.15. The molecule has 7 heteroatoms. The number of nitrogens with one attached hydrogen (secondary N) is 2. The fourth-order valence-electron chi connectivity index (χ4n) is 4.65. The molecule has 0 amide bonds. The maximum atomic E-state index is 13.2. The number of nitrogens with zero attached hydrogens (tertiary/aromatic N) is 2. The number of Topliss-reactive ketones (excluding diaryl/α,β-unsaturated/α-hetero) is 1. The van der Waals surface area contributed by atoms with Gasteiger partial charge in [0.1, 0.15) is 5.82 Å². The highest BCUT2D eigenvalue weighted by Crippen LogP contribution is 2.45. The van der Waals surface area contributed by atoms with Crippen molar-refractivity contribution in [3.8, 4) is 0 Å². The summed E-state index contributed by atoms with van der Waals surface area (Å²) in [5.74, 6) is 1.10. The topological polar surface area (TPSA) is 78.1 Å². The zero-order valence-electron chi connectivity index (χ0n) is 16.0. The number of piperidine rings is 1. The van der Waals surface area contributed by atoms with E-state index in [1.54, 1.807) is 11.3 Å². The number of aromatic amines is 1. The maximum Gasteiger partial charge on any atom is 0.258 e. The summed E-state index contributed by atoms with van der Waals surface area (Å²) in [6.45, 7) is 3.88. The lowest BCUT2D eigenvalue weighted by atomic mass is 9.78. The molecule has 2 aromatic heterocycles. The molecule has 5 rings (SSSR count). The molecular weight excluding hydrogens is 372 g/mol. The van der Waals surface area contributed by atoms with Gasteiger partial charge in [-0.2, -0.15) is 4.98 Å². The van der Waals surface area contributed by atoms with Crippen LogP contribution < -0.4 is 15.8 Å². The van der Waals surface area contributed by atoms with Crippen LogP contribution >= 0.6 is 11.3 Å². The Balaban J connectivity index is 1.68. The standard InChI is InChI=1S/C21H24N4O2S/c1-12-8-11-28-18(12)16-15-13(6-5-7-14(15)26)22-19-17(16)20(27)24-21(23-19)25-9-3-2-4-10-25/h8,11,16H,2-7,9-10H2,1H3,(H2,22,23,24,27)/t16-/m1/s1. The van der Waals surface area contributed by atoms with Gasteiger partial charge in [0.15, 0.2) is 5.78 Å². The number of thiophene rings is 1. The van der Waals surface area contributed by atoms with E-state index in [4.69, 9.17) is 4.98 Å². The van der Waals surface area contributed by atoms with Crippen LogP contribution in [0.15, 0.2) is 27.5 Å². The fourth-order valence-corrected chi connectivity index (χ4v) is 5.69. The van der Waals surface area contributed by atoms with Gasteiger partial charge in [-0.05, 0) is 56.0 Å². The molecule has 1 saturated heterocycles. The number of hydrogen-bond donors (Lipinski definition) is 2. The number of hydrogen-bond acceptors (Lipinski definition) is 6. The molecule has 0 bridgehead atoms. The molecule has 0 aromatic carbocycles. The van der Waals surface area contributed by atoms with Gasteiger partial charge in [-0.3, -0.25) is 14.6 Å². The van der Waals surface area contributed by atoms with Crippen LogP contribution in [-0.4, -0.2) is 28.8 Å². The molecule has 2 aliphatic heterocycles. The van der Waals surface area contributed by atoms with Crippen molar-refractivity contribution in [2.24, 2.45) is 0 Å². The number of aromatic nitrogens is 2. The van der Waals surface area contributed by atoms with Crippen LogP contribution in [-0.2, 0) is 4.79 Å². The molecular formula is C21H24N4O2S. The molecule has 1 fully saturated rings. The number of anilines is 2. The molecule has 2 aromatic rings. The van der Waals surface area contributed by atoms with Crippen molar-refractivity contribution < 1.29 is 4.79 Å². The number of carbonyl (C=O) groups excluding carboxylic acids is 1. The SMILES string of the molecule is Cc1ccsc1[C@@H]1C2=C(CCCC2=O)Nc2nc(N3CCCCC3)[nH]c(=O)c21. The summed E-state index contributed by atoms with van der Waals surface area (Å²) in [6, 6.07) is 2.05. The van der Waals surface area contributed by atoms with Crippen LogP contribution in [0.2, 0.25) is 0 Å². The number of allylic oxidation sites excluding steroid dienone is 2. The quantitative estimate of drug-likeness (QED) is 0.809. The van der Waals surface area contributed by atoms with Gasteiger partial charge in [-0.25, -0.2) is 0 Å². The van der Waals surface area contributed by atoms with Crippen molar-refractivity contribution in [2.75, 3.05) is 23.3 Å². The number of ketones is 1. The molecule has 4 heterocycles. The number of carbonyl (C=O) groups is 1. The maximum absolute atomic E-state index is 13.2. The molecule has 0 spiro atoms. The second-order valence-corrected chi connectivity index (χ2v) is 8.84. The molecule has 2 N–H and O–H groups in total. The van der Waals surface area contributed by atoms with Gasteiger partial charge in [0, 0.05) is 35.7 Å². The van der Waals surface area contributed by atoms with Crippen LogP contribution in [0, 0.1) is 6.92 Å². The molecule has 28 heavy (non-hydrogen) atoms. The van der Waals surface area contributed by atoms with Crippen molar-refractivity contribution in [3.05, 3.63) is 49.1 Å². The van der Waals surface area contributed by atoms with E-state index in [0.717, 1.165) is 60.5 Å². The van der Waals surface area contributed by atoms with Gasteiger partial charge in [-0.1, -0.05) is 0 Å². The number of H-pyrrole nitrogens is 1. The number of rotatable bonds is 2. The molecule has 3 aliphatic rings. The van der Waals surface area contributed by atoms with Crippen LogP contribution in [0.4, 0.5) is 11.8 Å². The van der Waals surface area contributed by atoms with Gasteiger partial charge in [-0.15, -0.1) is 11.3 Å². The van der Waals surface area contributed by atoms with E-state index in [9.17, 15) is 9.59 Å². The van der Waals surface area contributed by atoms with Crippen LogP contribution in [0.5, 0.6) is 0 Å². The zero-order chi connectivity index (χ0) is 19.3. The minimum absolute atomic E-state index is 0.138. The Morgan fingerprint density at radius 1 is 1.14 bits per heavy atom. The summed E-state index contributed by atoms with van der Waals surface area (Å²) in [5, 5.41) is 5.40. The highest BCUT2D eigenvalue weighted by Gasteiger charge is 2.39. The lowest BCUT2D eigenvalue weighted by Gasteiger charge is -2.34. The van der Waals surface area contributed by atoms with Crippen LogP contribution in [0.25, 0.3) is 0 Å². The molecule has 0 saturated carbocycles. The summed E-state index contributed by atoms with van der Waals surface area (Å²) in [7, 11) is 0. The van der Waals surface area contributed by atoms with Crippen molar-refractivity contribution in [2.45, 2.75) is 51.4 Å². The molecule has 1 aliphatic carbocycles. The first kappa shape index (κ1) is 17.7. The van der Waals surface area contributed by atoms with E-state index in [0.29, 0.717) is 23.8 Å². The average molecular weight is 397 g/mol. The minimum Gasteiger partial charge on any atom is -0.343 e. The normalized spacial score (nSPS) is 22.0. The molecule has 0 radical (unpaired) electrons. The first-order chi connectivity index (χ1) is 13.6. The zero-order valence-corrected chi connectivity index (χ0v) is 16.8. The van der Waals surface area contributed by atoms with Crippen molar-refractivity contribution >= 4 is 28.9 Å². The Morgan fingerprint density at radius 2 is 1.96 bits per heavy atom. The third kappa shape index (κ3) is 2.80. The summed E-state index contributed by atoms with van der Waals surface area (Å²) in [4.78, 5) is 37.2. The van der Waals surface area contributed by atoms with Crippen molar-refractivity contribution in [1.29, 1.82) is 0 Å². The van der Waals surface area contributed by atoms with E-state index in [-0.39, 0.29) is 17.3 Å². The Morgan fingerprint density at radius 3 is 2.71 bits per heavy atom. The Bertz CT molecular complexity index is 1030. The summed E-state index contributed by atoms with van der Waals surface area (Å²) in [6.07, 6.45) is 5.69. The monoisotopic (exact) mass is 396 g/mol. The first-order valence-corrected chi connectivity index (χ1v) is 11.0. The Labute approximate surface area is 167 Å². The van der Waals surface area contributed by atoms with E-state index in [2.05, 4.69) is 21.3 Å². The largest absolute Gasteiger partial charge is 0.343 e. The third-order valence-electron chi connectivity index (χ3n) is 6.07. The summed E-state index contributed by atoms with van der Waals surface area (Å²) >= 11 is 1.61. The average Bonchev–Trinajstić information content (AvgIpc) is 3.13. The van der Waals surface area contributed by atoms with Gasteiger partial charge < -0.3 is 10.2 Å². The van der Waals surface area contributed by atoms with E-state index >= 15 is 0 Å². The van der Waals surface area contributed by atoms with Crippen molar-refractivity contribution in [3.63, 3.8) is 0 Å². The summed E-state index contributed by atoms with van der Waals surface area (Å²) in [5.41, 5.74) is 3.28. The van der Waals surface area contributed by atoms with Gasteiger partial charge in [0.25, 0.3) is 5.56 Å². The smallest absolute Gasteiger partial charge is 0.258 e. The van der Waals surface area contributed by atoms with Gasteiger partial charge >= 0.3 is 0 Å². The van der Waals surface area contributed by atoms with Crippen LogP contribution in [0.1, 0.15) is 60.4 Å². The number of aryl methyl sites for hydroxylation is 1. The highest BCUT2D eigenvalue weighted by atomic mass is 32.1. The molecule has 146 valence electrons. The van der Waals surface area contributed by atoms with E-state index in [1.165, 1.54) is 6.42 Å². The Kier molecular flexibility index (Phi) is 4.34. The highest BCUT2D eigenvalue weighted by molar-refractivity contribution is 7.10. The molecule has 6 nitrogen and oxygen atoms in total. The second-order valence-electron chi connectivity index (χ2n) is 7.89. The molecule has 1 atom stereocenters. The predicted octanol–water partition coefficient (Wildman–Crippen LogP) is 3.69. The minimum atomic E-state index is -0.314. The van der Waals surface area contributed by atoms with E-state index < -0.39 is 0 Å². The van der Waals surface area contributed by atoms with Gasteiger partial charge in [0.05, 0.1) is 11.5 Å². The van der Waals surface area contributed by atoms with Crippen LogP contribution in [0.3, 0.4) is 0 Å². The lowest BCUT2D eigenvalue weighted by Crippen LogP contribution is -2.36. The second kappa shape index (κ2) is 6.88. The van der Waals surface area contributed by atoms with Gasteiger partial charge in [0.2, 0.25) is 5.95 Å². The summed E-state index contributed by atoms with van der Waals surface area (Å²) < 4.78 is 0. The first-order valence-electron chi connectivity index (χ1n) is 10.1. The number of fused-ring (bicyclic) bond motifs is 1. The Hall–Kier alpha value is -2.41. The lowest BCUT2D eigenvalue weighted by molar-refractivity contribution is -0.116. The fraction of sp³-hybridized carbons (Fsp3) is 0.476. The van der Waals surface area contributed by atoms with Crippen molar-refractivity contribution in [1.82, 2.24) is 9.97 Å².